The van der Waals surface area contributed by atoms with E-state index in [-0.39, 0.29) is 10.7 Å². The second-order valence-corrected chi connectivity index (χ2v) is 7.69. The molecular weight excluding hydrogens is 302 g/mol. The topological polar surface area (TPSA) is 38.3 Å². The highest BCUT2D eigenvalue weighted by Gasteiger charge is 2.32. The van der Waals surface area contributed by atoms with Crippen molar-refractivity contribution < 1.29 is 9.53 Å². The Morgan fingerprint density at radius 2 is 2.14 bits per heavy atom. The van der Waals surface area contributed by atoms with Gasteiger partial charge < -0.3 is 10.1 Å². The number of nitrogens with one attached hydrogen (secondary N) is 1. The fraction of sp³-hybridized carbons (Fsp3) is 0.438. The first kappa shape index (κ1) is 14.9. The van der Waals surface area contributed by atoms with Crippen LogP contribution in [0.25, 0.3) is 10.1 Å². The Balaban J connectivity index is 1.68. The predicted octanol–water partition coefficient (Wildman–Crippen LogP) is 3.54. The van der Waals surface area contributed by atoms with Crippen LogP contribution in [0.2, 0.25) is 0 Å². The Labute approximate surface area is 133 Å². The molecule has 0 radical (unpaired) electrons. The Morgan fingerprint density at radius 3 is 2.86 bits per heavy atom. The lowest BCUT2D eigenvalue weighted by atomic mass is 9.99. The molecule has 5 heteroatoms. The minimum Gasteiger partial charge on any atom is -0.381 e. The molecule has 3 nitrogen and oxygen atoms in total. The van der Waals surface area contributed by atoms with Crippen molar-refractivity contribution in [2.45, 2.75) is 17.6 Å². The Kier molecular flexibility index (Phi) is 4.52. The maximum atomic E-state index is 12.4. The van der Waals surface area contributed by atoms with E-state index in [4.69, 9.17) is 4.74 Å². The molecule has 0 atom stereocenters. The predicted molar refractivity (Wildman–Crippen MR) is 90.5 cm³/mol. The fourth-order valence-electron chi connectivity index (χ4n) is 2.62. The standard InChI is InChI=1S/C16H19NO2S2/c1-20-16(6-8-19-9-7-16)11-17-15(18)14-10-12-4-2-3-5-13(12)21-14/h2-5,10H,6-9,11H2,1H3,(H,17,18). The maximum Gasteiger partial charge on any atom is 0.261 e. The number of thiophene rings is 1. The summed E-state index contributed by atoms with van der Waals surface area (Å²) >= 11 is 3.40. The monoisotopic (exact) mass is 321 g/mol. The molecule has 2 heterocycles. The van der Waals surface area contributed by atoms with Crippen molar-refractivity contribution in [3.63, 3.8) is 0 Å². The molecule has 1 aliphatic rings. The second-order valence-electron chi connectivity index (χ2n) is 5.33. The van der Waals surface area contributed by atoms with Crippen LogP contribution in [-0.2, 0) is 4.74 Å². The van der Waals surface area contributed by atoms with Gasteiger partial charge in [0.05, 0.1) is 4.88 Å². The average molecular weight is 321 g/mol. The van der Waals surface area contributed by atoms with Crippen molar-refractivity contribution in [2.75, 3.05) is 26.0 Å². The van der Waals surface area contributed by atoms with Crippen LogP contribution in [0.1, 0.15) is 22.5 Å². The van der Waals surface area contributed by atoms with Gasteiger partial charge in [-0.3, -0.25) is 4.79 Å². The lowest BCUT2D eigenvalue weighted by Crippen LogP contribution is -2.44. The molecule has 112 valence electrons. The zero-order valence-electron chi connectivity index (χ0n) is 12.1. The first-order valence-corrected chi connectivity index (χ1v) is 9.16. The number of hydrogen-bond donors (Lipinski definition) is 1. The molecule has 1 aliphatic heterocycles. The molecule has 21 heavy (non-hydrogen) atoms. The number of rotatable bonds is 4. The highest BCUT2D eigenvalue weighted by Crippen LogP contribution is 2.33. The minimum absolute atomic E-state index is 0.0381. The normalized spacial score (nSPS) is 17.8. The zero-order valence-corrected chi connectivity index (χ0v) is 13.7. The third-order valence-corrected chi connectivity index (χ3v) is 6.59. The lowest BCUT2D eigenvalue weighted by Gasteiger charge is -2.35. The van der Waals surface area contributed by atoms with Crippen molar-refractivity contribution in [3.8, 4) is 0 Å². The fourth-order valence-corrected chi connectivity index (χ4v) is 4.39. The summed E-state index contributed by atoms with van der Waals surface area (Å²) in [4.78, 5) is 13.2. The first-order valence-electron chi connectivity index (χ1n) is 7.12. The number of carbonyl (C=O) groups excluding carboxylic acids is 1. The number of thioether (sulfide) groups is 1. The van der Waals surface area contributed by atoms with E-state index in [0.717, 1.165) is 41.0 Å². The van der Waals surface area contributed by atoms with Gasteiger partial charge in [0.25, 0.3) is 5.91 Å². The van der Waals surface area contributed by atoms with Crippen molar-refractivity contribution in [1.29, 1.82) is 0 Å². The molecule has 2 aromatic rings. The summed E-state index contributed by atoms with van der Waals surface area (Å²) in [7, 11) is 0. The SMILES string of the molecule is CSC1(CNC(=O)c2cc3ccccc3s2)CCOCC1. The van der Waals surface area contributed by atoms with Gasteiger partial charge in [-0.25, -0.2) is 0 Å². The van der Waals surface area contributed by atoms with Crippen molar-refractivity contribution in [1.82, 2.24) is 5.32 Å². The molecule has 0 saturated carbocycles. The van der Waals surface area contributed by atoms with Gasteiger partial charge in [0, 0.05) is 29.2 Å². The first-order chi connectivity index (χ1) is 10.2. The Bertz CT molecular complexity index is 599. The summed E-state index contributed by atoms with van der Waals surface area (Å²) in [6.07, 6.45) is 4.12. The van der Waals surface area contributed by atoms with Gasteiger partial charge in [0.2, 0.25) is 0 Å². The molecule has 1 fully saturated rings. The summed E-state index contributed by atoms with van der Waals surface area (Å²) < 4.78 is 6.72. The van der Waals surface area contributed by atoms with E-state index >= 15 is 0 Å². The molecule has 1 saturated heterocycles. The molecule has 1 N–H and O–H groups in total. The lowest BCUT2D eigenvalue weighted by molar-refractivity contribution is 0.0743. The summed E-state index contributed by atoms with van der Waals surface area (Å²) in [5.41, 5.74) is 0. The molecule has 3 rings (SSSR count). The van der Waals surface area contributed by atoms with E-state index in [2.05, 4.69) is 17.6 Å². The van der Waals surface area contributed by atoms with E-state index in [1.807, 2.05) is 36.0 Å². The van der Waals surface area contributed by atoms with Gasteiger partial charge in [0.15, 0.2) is 0 Å². The highest BCUT2D eigenvalue weighted by atomic mass is 32.2. The maximum absolute atomic E-state index is 12.4. The molecule has 0 bridgehead atoms. The molecule has 0 unspecified atom stereocenters. The minimum atomic E-state index is 0.0381. The smallest absolute Gasteiger partial charge is 0.261 e. The van der Waals surface area contributed by atoms with Crippen LogP contribution in [0.4, 0.5) is 0 Å². The molecular formula is C16H19NO2S2. The summed E-state index contributed by atoms with van der Waals surface area (Å²) in [5, 5.41) is 4.25. The number of hydrogen-bond acceptors (Lipinski definition) is 4. The Morgan fingerprint density at radius 1 is 1.38 bits per heavy atom. The van der Waals surface area contributed by atoms with E-state index < -0.39 is 0 Å². The number of fused-ring (bicyclic) bond motifs is 1. The van der Waals surface area contributed by atoms with E-state index in [1.54, 1.807) is 11.3 Å². The van der Waals surface area contributed by atoms with Crippen LogP contribution in [0, 0.1) is 0 Å². The summed E-state index contributed by atoms with van der Waals surface area (Å²) in [5.74, 6) is 0.0381. The number of benzene rings is 1. The van der Waals surface area contributed by atoms with E-state index in [0.29, 0.717) is 6.54 Å². The van der Waals surface area contributed by atoms with Crippen LogP contribution < -0.4 is 5.32 Å². The molecule has 1 aromatic carbocycles. The van der Waals surface area contributed by atoms with Crippen molar-refractivity contribution in [2.24, 2.45) is 0 Å². The van der Waals surface area contributed by atoms with Crippen molar-refractivity contribution >= 4 is 39.1 Å². The Hall–Kier alpha value is -1.04. The van der Waals surface area contributed by atoms with Gasteiger partial charge >= 0.3 is 0 Å². The number of ether oxygens (including phenoxy) is 1. The van der Waals surface area contributed by atoms with Crippen LogP contribution in [0.5, 0.6) is 0 Å². The van der Waals surface area contributed by atoms with Gasteiger partial charge in [-0.2, -0.15) is 11.8 Å². The molecule has 1 aromatic heterocycles. The van der Waals surface area contributed by atoms with Crippen LogP contribution in [0.15, 0.2) is 30.3 Å². The largest absolute Gasteiger partial charge is 0.381 e. The van der Waals surface area contributed by atoms with E-state index in [9.17, 15) is 4.79 Å². The molecule has 1 amide bonds. The molecule has 0 aliphatic carbocycles. The van der Waals surface area contributed by atoms with Crippen LogP contribution in [-0.4, -0.2) is 36.7 Å². The van der Waals surface area contributed by atoms with Crippen molar-refractivity contribution in [3.05, 3.63) is 35.2 Å². The summed E-state index contributed by atoms with van der Waals surface area (Å²) in [6, 6.07) is 10.1. The van der Waals surface area contributed by atoms with Gasteiger partial charge in [-0.15, -0.1) is 11.3 Å². The average Bonchev–Trinajstić information content (AvgIpc) is 2.97. The quantitative estimate of drug-likeness (QED) is 0.936. The number of carbonyl (C=O) groups is 1. The van der Waals surface area contributed by atoms with Gasteiger partial charge in [0.1, 0.15) is 0 Å². The number of amides is 1. The van der Waals surface area contributed by atoms with E-state index in [1.165, 1.54) is 0 Å². The third kappa shape index (κ3) is 3.25. The summed E-state index contributed by atoms with van der Waals surface area (Å²) in [6.45, 7) is 2.30. The second kappa shape index (κ2) is 6.38. The van der Waals surface area contributed by atoms with Gasteiger partial charge in [-0.1, -0.05) is 18.2 Å². The van der Waals surface area contributed by atoms with Crippen LogP contribution >= 0.6 is 23.1 Å². The third-order valence-electron chi connectivity index (χ3n) is 4.06. The molecule has 0 spiro atoms. The van der Waals surface area contributed by atoms with Crippen LogP contribution in [0.3, 0.4) is 0 Å². The highest BCUT2D eigenvalue weighted by molar-refractivity contribution is 8.00. The van der Waals surface area contributed by atoms with Gasteiger partial charge in [-0.05, 0) is 36.6 Å². The zero-order chi connectivity index (χ0) is 14.7.